The van der Waals surface area contributed by atoms with Crippen molar-refractivity contribution in [1.82, 2.24) is 5.32 Å². The van der Waals surface area contributed by atoms with Gasteiger partial charge in [-0.2, -0.15) is 0 Å². The lowest BCUT2D eigenvalue weighted by molar-refractivity contribution is -0.383. The maximum atomic E-state index is 11.1. The molecule has 1 aliphatic heterocycles. The molecule has 1 aliphatic rings. The zero-order valence-electron chi connectivity index (χ0n) is 11.3. The van der Waals surface area contributed by atoms with Crippen molar-refractivity contribution in [2.45, 2.75) is 32.4 Å². The molecule has 7 nitrogen and oxygen atoms in total. The third-order valence-electron chi connectivity index (χ3n) is 3.20. The first kappa shape index (κ1) is 14.7. The minimum absolute atomic E-state index is 0.0178. The molecule has 1 amide bonds. The first-order valence-corrected chi connectivity index (χ1v) is 7.18. The van der Waals surface area contributed by atoms with Gasteiger partial charge in [0.1, 0.15) is 0 Å². The number of thiophene rings is 1. The summed E-state index contributed by atoms with van der Waals surface area (Å²) in [6.45, 7) is 4.26. The fourth-order valence-corrected chi connectivity index (χ4v) is 3.40. The van der Waals surface area contributed by atoms with Gasteiger partial charge in [-0.05, 0) is 13.3 Å². The molecule has 1 saturated heterocycles. The Kier molecular flexibility index (Phi) is 4.24. The van der Waals surface area contributed by atoms with E-state index in [0.717, 1.165) is 6.42 Å². The van der Waals surface area contributed by atoms with Gasteiger partial charge in [0.2, 0.25) is 5.91 Å². The number of carbonyl (C=O) groups is 1. The van der Waals surface area contributed by atoms with Crippen LogP contribution in [-0.2, 0) is 4.79 Å². The summed E-state index contributed by atoms with van der Waals surface area (Å²) in [6.07, 6.45) is 0.0414. The normalized spacial score (nSPS) is 19.9. The van der Waals surface area contributed by atoms with Crippen molar-refractivity contribution < 1.29 is 14.8 Å². The van der Waals surface area contributed by atoms with Crippen molar-refractivity contribution in [3.63, 3.8) is 0 Å². The Labute approximate surface area is 120 Å². The molecule has 1 aromatic heterocycles. The molecule has 2 heterocycles. The minimum atomic E-state index is -0.721. The molecule has 1 unspecified atom stereocenters. The Morgan fingerprint density at radius 3 is 2.95 bits per heavy atom. The molecular formula is C12H17N3O4S. The van der Waals surface area contributed by atoms with Crippen LogP contribution in [0.1, 0.15) is 31.2 Å². The summed E-state index contributed by atoms with van der Waals surface area (Å²) in [6, 6.07) is 1.44. The second-order valence-electron chi connectivity index (χ2n) is 4.90. The molecule has 1 aromatic rings. The Hall–Kier alpha value is -1.67. The summed E-state index contributed by atoms with van der Waals surface area (Å²) in [5.41, 5.74) is 0.0226. The minimum Gasteiger partial charge on any atom is -0.388 e. The average Bonchev–Trinajstić information content (AvgIpc) is 2.93. The number of hydrogen-bond donors (Lipinski definition) is 2. The number of nitrogens with one attached hydrogen (secondary N) is 1. The van der Waals surface area contributed by atoms with E-state index < -0.39 is 11.0 Å². The number of aliphatic hydroxyl groups excluding tert-OH is 1. The summed E-state index contributed by atoms with van der Waals surface area (Å²) in [5, 5.41) is 24.1. The average molecular weight is 299 g/mol. The zero-order chi connectivity index (χ0) is 14.9. The van der Waals surface area contributed by atoms with E-state index in [9.17, 15) is 20.0 Å². The third-order valence-corrected chi connectivity index (χ3v) is 4.56. The first-order chi connectivity index (χ1) is 9.38. The van der Waals surface area contributed by atoms with Gasteiger partial charge < -0.3 is 15.3 Å². The van der Waals surface area contributed by atoms with E-state index in [4.69, 9.17) is 0 Å². The fraction of sp³-hybridized carbons (Fsp3) is 0.583. The smallest absolute Gasteiger partial charge is 0.304 e. The van der Waals surface area contributed by atoms with Gasteiger partial charge >= 0.3 is 5.69 Å². The lowest BCUT2D eigenvalue weighted by atomic mass is 10.2. The summed E-state index contributed by atoms with van der Waals surface area (Å²) >= 11 is 1.24. The molecule has 0 bridgehead atoms. The zero-order valence-corrected chi connectivity index (χ0v) is 12.1. The maximum Gasteiger partial charge on any atom is 0.304 e. The van der Waals surface area contributed by atoms with Crippen LogP contribution in [0.25, 0.3) is 0 Å². The van der Waals surface area contributed by atoms with Gasteiger partial charge in [0.15, 0.2) is 5.00 Å². The van der Waals surface area contributed by atoms with Gasteiger partial charge in [-0.3, -0.25) is 14.9 Å². The van der Waals surface area contributed by atoms with Crippen LogP contribution in [0.4, 0.5) is 10.7 Å². The monoisotopic (exact) mass is 299 g/mol. The predicted molar refractivity (Wildman–Crippen MR) is 76.0 cm³/mol. The molecule has 0 saturated carbocycles. The number of nitrogens with zero attached hydrogens (tertiary/aromatic N) is 2. The Bertz CT molecular complexity index is 529. The number of hydrogen-bond acceptors (Lipinski definition) is 6. The van der Waals surface area contributed by atoms with Crippen LogP contribution in [0, 0.1) is 10.1 Å². The van der Waals surface area contributed by atoms with Gasteiger partial charge in [0.25, 0.3) is 0 Å². The molecular weight excluding hydrogens is 282 g/mol. The Balaban J connectivity index is 2.20. The molecule has 0 spiro atoms. The number of amides is 1. The van der Waals surface area contributed by atoms with Gasteiger partial charge in [-0.25, -0.2) is 0 Å². The molecule has 2 atom stereocenters. The molecule has 0 aliphatic carbocycles. The Morgan fingerprint density at radius 1 is 1.70 bits per heavy atom. The number of aliphatic hydroxyl groups is 1. The van der Waals surface area contributed by atoms with E-state index in [-0.39, 0.29) is 17.6 Å². The highest BCUT2D eigenvalue weighted by atomic mass is 32.1. The van der Waals surface area contributed by atoms with Crippen LogP contribution in [0.15, 0.2) is 6.07 Å². The summed E-state index contributed by atoms with van der Waals surface area (Å²) in [5.74, 6) is -0.0952. The van der Waals surface area contributed by atoms with E-state index in [1.807, 2.05) is 4.90 Å². The molecule has 2 rings (SSSR count). The van der Waals surface area contributed by atoms with Gasteiger partial charge in [-0.1, -0.05) is 0 Å². The van der Waals surface area contributed by atoms with Crippen LogP contribution in [0.3, 0.4) is 0 Å². The quantitative estimate of drug-likeness (QED) is 0.647. The van der Waals surface area contributed by atoms with E-state index in [2.05, 4.69) is 5.32 Å². The molecule has 110 valence electrons. The third kappa shape index (κ3) is 3.07. The van der Waals surface area contributed by atoms with E-state index in [1.165, 1.54) is 24.3 Å². The predicted octanol–water partition coefficient (Wildman–Crippen LogP) is 1.42. The van der Waals surface area contributed by atoms with Gasteiger partial charge in [-0.15, -0.1) is 11.3 Å². The standard InChI is InChI=1S/C12H17N3O4S/c1-7(16)11-5-10(15(18)19)12(20-11)14-4-3-9(6-14)13-8(2)17/h5,7,9,16H,3-4,6H2,1-2H3,(H,13,17)/t7-,9?/m1/s1. The highest BCUT2D eigenvalue weighted by Crippen LogP contribution is 2.41. The van der Waals surface area contributed by atoms with Crippen LogP contribution < -0.4 is 10.2 Å². The van der Waals surface area contributed by atoms with Crippen LogP contribution >= 0.6 is 11.3 Å². The van der Waals surface area contributed by atoms with Gasteiger partial charge in [0, 0.05) is 37.0 Å². The molecule has 1 fully saturated rings. The SMILES string of the molecule is CC(=O)NC1CCN(c2sc([C@@H](C)O)cc2[N+](=O)[O-])C1. The van der Waals surface area contributed by atoms with Crippen molar-refractivity contribution >= 4 is 27.9 Å². The molecule has 0 aromatic carbocycles. The Morgan fingerprint density at radius 2 is 2.40 bits per heavy atom. The van der Waals surface area contributed by atoms with Crippen LogP contribution in [-0.4, -0.2) is 35.1 Å². The summed E-state index contributed by atoms with van der Waals surface area (Å²) in [4.78, 5) is 24.2. The highest BCUT2D eigenvalue weighted by Gasteiger charge is 2.31. The van der Waals surface area contributed by atoms with E-state index in [0.29, 0.717) is 23.0 Å². The van der Waals surface area contributed by atoms with E-state index >= 15 is 0 Å². The van der Waals surface area contributed by atoms with Crippen molar-refractivity contribution in [2.75, 3.05) is 18.0 Å². The van der Waals surface area contributed by atoms with Gasteiger partial charge in [0.05, 0.1) is 11.0 Å². The van der Waals surface area contributed by atoms with Crippen LogP contribution in [0.2, 0.25) is 0 Å². The number of rotatable bonds is 4. The number of nitro groups is 1. The van der Waals surface area contributed by atoms with Crippen molar-refractivity contribution in [1.29, 1.82) is 0 Å². The second-order valence-corrected chi connectivity index (χ2v) is 5.97. The molecule has 0 radical (unpaired) electrons. The van der Waals surface area contributed by atoms with E-state index in [1.54, 1.807) is 6.92 Å². The second kappa shape index (κ2) is 5.76. The summed E-state index contributed by atoms with van der Waals surface area (Å²) in [7, 11) is 0. The lowest BCUT2D eigenvalue weighted by Gasteiger charge is -2.16. The van der Waals surface area contributed by atoms with Crippen molar-refractivity contribution in [3.05, 3.63) is 21.1 Å². The van der Waals surface area contributed by atoms with Crippen molar-refractivity contribution in [3.8, 4) is 0 Å². The lowest BCUT2D eigenvalue weighted by Crippen LogP contribution is -2.35. The topological polar surface area (TPSA) is 95.7 Å². The molecule has 2 N–H and O–H groups in total. The number of anilines is 1. The van der Waals surface area contributed by atoms with Crippen LogP contribution in [0.5, 0.6) is 0 Å². The summed E-state index contributed by atoms with van der Waals surface area (Å²) < 4.78 is 0. The largest absolute Gasteiger partial charge is 0.388 e. The first-order valence-electron chi connectivity index (χ1n) is 6.36. The molecule has 20 heavy (non-hydrogen) atoms. The fourth-order valence-electron chi connectivity index (χ4n) is 2.30. The van der Waals surface area contributed by atoms with Crippen molar-refractivity contribution in [2.24, 2.45) is 0 Å². The number of carbonyl (C=O) groups excluding carboxylic acids is 1. The highest BCUT2D eigenvalue weighted by molar-refractivity contribution is 7.16. The molecule has 8 heteroatoms. The maximum absolute atomic E-state index is 11.1.